The van der Waals surface area contributed by atoms with Crippen molar-refractivity contribution >= 4 is 0 Å². The SMILES string of the molecule is Cn1ccnc1Cc1cc(F)ccn1. The number of halogens is 1. The van der Waals surface area contributed by atoms with Crippen molar-refractivity contribution in [2.45, 2.75) is 6.42 Å². The predicted molar refractivity (Wildman–Crippen MR) is 50.2 cm³/mol. The average molecular weight is 191 g/mol. The lowest BCUT2D eigenvalue weighted by Gasteiger charge is -2.00. The fourth-order valence-electron chi connectivity index (χ4n) is 1.27. The van der Waals surface area contributed by atoms with Gasteiger partial charge in [0.2, 0.25) is 0 Å². The maximum atomic E-state index is 12.8. The molecule has 0 fully saturated rings. The third-order valence-corrected chi connectivity index (χ3v) is 2.04. The molecule has 0 N–H and O–H groups in total. The minimum atomic E-state index is -0.260. The highest BCUT2D eigenvalue weighted by molar-refractivity contribution is 5.11. The Hall–Kier alpha value is -1.71. The molecule has 0 radical (unpaired) electrons. The summed E-state index contributed by atoms with van der Waals surface area (Å²) in [7, 11) is 1.90. The lowest BCUT2D eigenvalue weighted by Crippen LogP contribution is -2.00. The summed E-state index contributed by atoms with van der Waals surface area (Å²) >= 11 is 0. The van der Waals surface area contributed by atoms with Crippen LogP contribution in [0.1, 0.15) is 11.5 Å². The van der Waals surface area contributed by atoms with Crippen LogP contribution in [-0.4, -0.2) is 14.5 Å². The highest BCUT2D eigenvalue weighted by atomic mass is 19.1. The summed E-state index contributed by atoms with van der Waals surface area (Å²) in [5.74, 6) is 0.618. The van der Waals surface area contributed by atoms with Gasteiger partial charge >= 0.3 is 0 Å². The fourth-order valence-corrected chi connectivity index (χ4v) is 1.27. The first-order valence-corrected chi connectivity index (χ1v) is 4.32. The second-order valence-electron chi connectivity index (χ2n) is 3.10. The van der Waals surface area contributed by atoms with Gasteiger partial charge in [0.1, 0.15) is 11.6 Å². The summed E-state index contributed by atoms with van der Waals surface area (Å²) in [6.45, 7) is 0. The van der Waals surface area contributed by atoms with Crippen molar-refractivity contribution in [1.82, 2.24) is 14.5 Å². The quantitative estimate of drug-likeness (QED) is 0.721. The highest BCUT2D eigenvalue weighted by Gasteiger charge is 2.02. The smallest absolute Gasteiger partial charge is 0.126 e. The van der Waals surface area contributed by atoms with E-state index < -0.39 is 0 Å². The number of rotatable bonds is 2. The molecule has 2 aromatic heterocycles. The van der Waals surface area contributed by atoms with Crippen molar-refractivity contribution in [1.29, 1.82) is 0 Å². The van der Waals surface area contributed by atoms with Crippen LogP contribution in [0.5, 0.6) is 0 Å². The van der Waals surface area contributed by atoms with Gasteiger partial charge < -0.3 is 4.57 Å². The first-order chi connectivity index (χ1) is 6.75. The van der Waals surface area contributed by atoms with Gasteiger partial charge in [0.15, 0.2) is 0 Å². The highest BCUT2D eigenvalue weighted by Crippen LogP contribution is 2.05. The molecule has 0 saturated heterocycles. The first-order valence-electron chi connectivity index (χ1n) is 4.32. The van der Waals surface area contributed by atoms with Crippen LogP contribution in [0.25, 0.3) is 0 Å². The maximum absolute atomic E-state index is 12.8. The Kier molecular flexibility index (Phi) is 2.26. The number of pyridine rings is 1. The Morgan fingerprint density at radius 2 is 2.21 bits per heavy atom. The van der Waals surface area contributed by atoms with Crippen molar-refractivity contribution in [2.24, 2.45) is 7.05 Å². The number of aromatic nitrogens is 3. The number of hydrogen-bond donors (Lipinski definition) is 0. The number of hydrogen-bond acceptors (Lipinski definition) is 2. The standard InChI is InChI=1S/C10H10FN3/c1-14-5-4-13-10(14)7-9-6-8(11)2-3-12-9/h2-6H,7H2,1H3. The fraction of sp³-hybridized carbons (Fsp3) is 0.200. The van der Waals surface area contributed by atoms with Crippen molar-refractivity contribution in [3.8, 4) is 0 Å². The lowest BCUT2D eigenvalue weighted by atomic mass is 10.2. The molecular formula is C10H10FN3. The molecule has 3 nitrogen and oxygen atoms in total. The Bertz CT molecular complexity index is 436. The van der Waals surface area contributed by atoms with Gasteiger partial charge in [-0.1, -0.05) is 0 Å². The average Bonchev–Trinajstić information content (AvgIpc) is 2.52. The van der Waals surface area contributed by atoms with E-state index in [9.17, 15) is 4.39 Å². The summed E-state index contributed by atoms with van der Waals surface area (Å²) in [5.41, 5.74) is 0.694. The van der Waals surface area contributed by atoms with E-state index in [1.54, 1.807) is 6.20 Å². The summed E-state index contributed by atoms with van der Waals surface area (Å²) in [5, 5.41) is 0. The zero-order valence-corrected chi connectivity index (χ0v) is 7.81. The zero-order chi connectivity index (χ0) is 9.97. The van der Waals surface area contributed by atoms with Gasteiger partial charge in [-0.25, -0.2) is 9.37 Å². The van der Waals surface area contributed by atoms with Gasteiger partial charge in [-0.05, 0) is 12.1 Å². The van der Waals surface area contributed by atoms with Crippen LogP contribution >= 0.6 is 0 Å². The topological polar surface area (TPSA) is 30.7 Å². The molecule has 0 amide bonds. The Morgan fingerprint density at radius 3 is 2.86 bits per heavy atom. The largest absolute Gasteiger partial charge is 0.338 e. The Morgan fingerprint density at radius 1 is 1.36 bits per heavy atom. The van der Waals surface area contributed by atoms with E-state index in [-0.39, 0.29) is 5.82 Å². The molecule has 0 spiro atoms. The van der Waals surface area contributed by atoms with Gasteiger partial charge in [0.25, 0.3) is 0 Å². The normalized spacial score (nSPS) is 10.4. The molecule has 2 heterocycles. The second kappa shape index (κ2) is 3.57. The molecule has 4 heteroatoms. The van der Waals surface area contributed by atoms with Crippen LogP contribution < -0.4 is 0 Å². The molecule has 0 aliphatic carbocycles. The van der Waals surface area contributed by atoms with Crippen LogP contribution in [0.4, 0.5) is 4.39 Å². The molecule has 2 aromatic rings. The molecule has 0 bridgehead atoms. The van der Waals surface area contributed by atoms with Crippen LogP contribution in [0.2, 0.25) is 0 Å². The van der Waals surface area contributed by atoms with Crippen molar-refractivity contribution in [2.75, 3.05) is 0 Å². The molecule has 0 aliphatic rings. The van der Waals surface area contributed by atoms with Gasteiger partial charge in [-0.2, -0.15) is 0 Å². The summed E-state index contributed by atoms with van der Waals surface area (Å²) in [6.07, 6.45) is 5.60. The van der Waals surface area contributed by atoms with E-state index >= 15 is 0 Å². The monoisotopic (exact) mass is 191 g/mol. The molecule has 0 unspecified atom stereocenters. The third kappa shape index (κ3) is 1.79. The van der Waals surface area contributed by atoms with E-state index in [1.807, 2.05) is 17.8 Å². The summed E-state index contributed by atoms with van der Waals surface area (Å²) in [6, 6.07) is 2.76. The van der Waals surface area contributed by atoms with Gasteiger partial charge in [-0.15, -0.1) is 0 Å². The summed E-state index contributed by atoms with van der Waals surface area (Å²) < 4.78 is 14.7. The number of imidazole rings is 1. The molecule has 0 atom stereocenters. The molecule has 0 aliphatic heterocycles. The van der Waals surface area contributed by atoms with E-state index in [0.29, 0.717) is 12.1 Å². The van der Waals surface area contributed by atoms with E-state index in [1.165, 1.54) is 18.3 Å². The van der Waals surface area contributed by atoms with Crippen LogP contribution in [-0.2, 0) is 13.5 Å². The summed E-state index contributed by atoms with van der Waals surface area (Å²) in [4.78, 5) is 8.20. The minimum Gasteiger partial charge on any atom is -0.338 e. The first kappa shape index (κ1) is 8.87. The van der Waals surface area contributed by atoms with Crippen LogP contribution in [0, 0.1) is 5.82 Å². The lowest BCUT2D eigenvalue weighted by molar-refractivity contribution is 0.622. The van der Waals surface area contributed by atoms with Crippen LogP contribution in [0.15, 0.2) is 30.7 Å². The van der Waals surface area contributed by atoms with Gasteiger partial charge in [0, 0.05) is 32.1 Å². The third-order valence-electron chi connectivity index (χ3n) is 2.04. The van der Waals surface area contributed by atoms with Crippen molar-refractivity contribution in [3.63, 3.8) is 0 Å². The van der Waals surface area contributed by atoms with Gasteiger partial charge in [0.05, 0.1) is 5.69 Å². The van der Waals surface area contributed by atoms with Gasteiger partial charge in [-0.3, -0.25) is 4.98 Å². The Balaban J connectivity index is 2.23. The second-order valence-corrected chi connectivity index (χ2v) is 3.10. The van der Waals surface area contributed by atoms with Crippen molar-refractivity contribution in [3.05, 3.63) is 48.1 Å². The molecule has 72 valence electrons. The minimum absolute atomic E-state index is 0.260. The van der Waals surface area contributed by atoms with Crippen molar-refractivity contribution < 1.29 is 4.39 Å². The van der Waals surface area contributed by atoms with Crippen LogP contribution in [0.3, 0.4) is 0 Å². The molecule has 0 saturated carbocycles. The Labute approximate surface area is 81.2 Å². The maximum Gasteiger partial charge on any atom is 0.126 e. The number of aryl methyl sites for hydroxylation is 1. The van der Waals surface area contributed by atoms with E-state index in [0.717, 1.165) is 5.82 Å². The number of nitrogens with zero attached hydrogens (tertiary/aromatic N) is 3. The molecule has 0 aromatic carbocycles. The predicted octanol–water partition coefficient (Wildman–Crippen LogP) is 1.54. The van der Waals surface area contributed by atoms with E-state index in [2.05, 4.69) is 9.97 Å². The molecular weight excluding hydrogens is 181 g/mol. The molecule has 2 rings (SSSR count). The van der Waals surface area contributed by atoms with E-state index in [4.69, 9.17) is 0 Å². The molecule has 14 heavy (non-hydrogen) atoms. The zero-order valence-electron chi connectivity index (χ0n) is 7.81.